The van der Waals surface area contributed by atoms with E-state index in [1.165, 1.54) is 0 Å². The average molecular weight is 259 g/mol. The topological polar surface area (TPSA) is 117 Å². The van der Waals surface area contributed by atoms with Gasteiger partial charge in [0.1, 0.15) is 6.61 Å². The van der Waals surface area contributed by atoms with Crippen molar-refractivity contribution in [2.75, 3.05) is 26.3 Å². The van der Waals surface area contributed by atoms with E-state index in [9.17, 15) is 14.4 Å². The zero-order chi connectivity index (χ0) is 13.4. The zero-order valence-electron chi connectivity index (χ0n) is 9.90. The second kappa shape index (κ2) is 7.49. The highest BCUT2D eigenvalue weighted by atomic mass is 16.5. The SMILES string of the molecule is O=C(O)COCCNC(=O)NC1CCC(=O)NC1. The van der Waals surface area contributed by atoms with Gasteiger partial charge in [-0.15, -0.1) is 0 Å². The summed E-state index contributed by atoms with van der Waals surface area (Å²) < 4.78 is 4.75. The van der Waals surface area contributed by atoms with Gasteiger partial charge in [-0.05, 0) is 6.42 Å². The van der Waals surface area contributed by atoms with E-state index >= 15 is 0 Å². The Labute approximate surface area is 104 Å². The maximum absolute atomic E-state index is 11.4. The Morgan fingerprint density at radius 1 is 1.50 bits per heavy atom. The fourth-order valence-corrected chi connectivity index (χ4v) is 1.49. The van der Waals surface area contributed by atoms with Gasteiger partial charge in [0, 0.05) is 25.6 Å². The Morgan fingerprint density at radius 3 is 2.89 bits per heavy atom. The van der Waals surface area contributed by atoms with Crippen LogP contribution in [0.2, 0.25) is 0 Å². The quantitative estimate of drug-likeness (QED) is 0.441. The van der Waals surface area contributed by atoms with Crippen molar-refractivity contribution in [1.82, 2.24) is 16.0 Å². The van der Waals surface area contributed by atoms with Gasteiger partial charge in [-0.25, -0.2) is 9.59 Å². The first-order valence-electron chi connectivity index (χ1n) is 5.68. The molecule has 1 unspecified atom stereocenters. The molecule has 0 aromatic carbocycles. The third-order valence-corrected chi connectivity index (χ3v) is 2.36. The fourth-order valence-electron chi connectivity index (χ4n) is 1.49. The number of hydrogen-bond acceptors (Lipinski definition) is 4. The standard InChI is InChI=1S/C10H17N3O5/c14-8-2-1-7(5-12-8)13-10(17)11-3-4-18-6-9(15)16/h7H,1-6H2,(H,12,14)(H,15,16)(H2,11,13,17). The van der Waals surface area contributed by atoms with Crippen molar-refractivity contribution >= 4 is 17.9 Å². The minimum absolute atomic E-state index is 0.00414. The molecule has 8 nitrogen and oxygen atoms in total. The van der Waals surface area contributed by atoms with Crippen molar-refractivity contribution in [1.29, 1.82) is 0 Å². The highest BCUT2D eigenvalue weighted by molar-refractivity contribution is 5.78. The van der Waals surface area contributed by atoms with Gasteiger partial charge >= 0.3 is 12.0 Å². The van der Waals surface area contributed by atoms with Crippen LogP contribution >= 0.6 is 0 Å². The molecule has 1 rings (SSSR count). The molecule has 0 aromatic rings. The largest absolute Gasteiger partial charge is 0.480 e. The van der Waals surface area contributed by atoms with Crippen molar-refractivity contribution in [3.8, 4) is 0 Å². The number of ether oxygens (including phenoxy) is 1. The lowest BCUT2D eigenvalue weighted by atomic mass is 10.1. The van der Waals surface area contributed by atoms with Crippen LogP contribution in [0.4, 0.5) is 4.79 Å². The second-order valence-electron chi connectivity index (χ2n) is 3.89. The molecule has 3 amide bonds. The highest BCUT2D eigenvalue weighted by Gasteiger charge is 2.19. The molecule has 0 aromatic heterocycles. The van der Waals surface area contributed by atoms with E-state index in [1.54, 1.807) is 0 Å². The molecule has 1 fully saturated rings. The average Bonchev–Trinajstić information content (AvgIpc) is 2.31. The van der Waals surface area contributed by atoms with Crippen LogP contribution in [0.5, 0.6) is 0 Å². The molecular weight excluding hydrogens is 242 g/mol. The number of urea groups is 1. The maximum atomic E-state index is 11.4. The van der Waals surface area contributed by atoms with E-state index in [1.807, 2.05) is 0 Å². The molecule has 102 valence electrons. The smallest absolute Gasteiger partial charge is 0.329 e. The number of carbonyl (C=O) groups excluding carboxylic acids is 2. The Hall–Kier alpha value is -1.83. The normalized spacial score (nSPS) is 18.9. The number of carboxylic acids is 1. The number of piperidine rings is 1. The molecule has 0 saturated carbocycles. The molecule has 8 heteroatoms. The second-order valence-corrected chi connectivity index (χ2v) is 3.89. The van der Waals surface area contributed by atoms with Gasteiger partial charge in [-0.1, -0.05) is 0 Å². The molecular formula is C10H17N3O5. The summed E-state index contributed by atoms with van der Waals surface area (Å²) in [5.41, 5.74) is 0. The first kappa shape index (κ1) is 14.2. The highest BCUT2D eigenvalue weighted by Crippen LogP contribution is 2.01. The summed E-state index contributed by atoms with van der Waals surface area (Å²) in [6, 6.07) is -0.419. The summed E-state index contributed by atoms with van der Waals surface area (Å²) in [4.78, 5) is 32.4. The minimum Gasteiger partial charge on any atom is -0.480 e. The van der Waals surface area contributed by atoms with Crippen LogP contribution in [0, 0.1) is 0 Å². The molecule has 0 spiro atoms. The van der Waals surface area contributed by atoms with Gasteiger partial charge in [0.05, 0.1) is 6.61 Å². The summed E-state index contributed by atoms with van der Waals surface area (Å²) in [6.07, 6.45) is 1.03. The lowest BCUT2D eigenvalue weighted by molar-refractivity contribution is -0.142. The Bertz CT molecular complexity index is 311. The van der Waals surface area contributed by atoms with Crippen LogP contribution in [0.1, 0.15) is 12.8 Å². The van der Waals surface area contributed by atoms with Crippen molar-refractivity contribution < 1.29 is 24.2 Å². The summed E-state index contributed by atoms with van der Waals surface area (Å²) in [5.74, 6) is -1.05. The Balaban J connectivity index is 2.03. The summed E-state index contributed by atoms with van der Waals surface area (Å²) in [6.45, 7) is 0.430. The van der Waals surface area contributed by atoms with Crippen LogP contribution in [0.25, 0.3) is 0 Å². The Morgan fingerprint density at radius 2 is 2.28 bits per heavy atom. The predicted octanol–water partition coefficient (Wildman–Crippen LogP) is -1.33. The molecule has 1 aliphatic rings. The van der Waals surface area contributed by atoms with Gasteiger partial charge in [-0.2, -0.15) is 0 Å². The summed E-state index contributed by atoms with van der Waals surface area (Å²) >= 11 is 0. The van der Waals surface area contributed by atoms with Crippen LogP contribution in [0.3, 0.4) is 0 Å². The number of carbonyl (C=O) groups is 3. The van der Waals surface area contributed by atoms with E-state index in [0.29, 0.717) is 19.4 Å². The summed E-state index contributed by atoms with van der Waals surface area (Å²) in [5, 5.41) is 16.2. The molecule has 18 heavy (non-hydrogen) atoms. The number of nitrogens with one attached hydrogen (secondary N) is 3. The van der Waals surface area contributed by atoms with Gasteiger partial charge in [0.25, 0.3) is 0 Å². The molecule has 0 aliphatic carbocycles. The van der Waals surface area contributed by atoms with E-state index in [4.69, 9.17) is 9.84 Å². The monoisotopic (exact) mass is 259 g/mol. The van der Waals surface area contributed by atoms with E-state index in [-0.39, 0.29) is 37.7 Å². The van der Waals surface area contributed by atoms with Crippen molar-refractivity contribution in [3.63, 3.8) is 0 Å². The van der Waals surface area contributed by atoms with Gasteiger partial charge < -0.3 is 25.8 Å². The zero-order valence-corrected chi connectivity index (χ0v) is 9.90. The third-order valence-electron chi connectivity index (χ3n) is 2.36. The van der Waals surface area contributed by atoms with E-state index in [2.05, 4.69) is 16.0 Å². The lowest BCUT2D eigenvalue weighted by Crippen LogP contribution is -2.51. The van der Waals surface area contributed by atoms with Crippen LogP contribution < -0.4 is 16.0 Å². The molecule has 0 radical (unpaired) electrons. The number of rotatable bonds is 6. The van der Waals surface area contributed by atoms with Gasteiger partial charge in [-0.3, -0.25) is 4.79 Å². The van der Waals surface area contributed by atoms with Crippen molar-refractivity contribution in [2.24, 2.45) is 0 Å². The predicted molar refractivity (Wildman–Crippen MR) is 61.0 cm³/mol. The molecule has 0 bridgehead atoms. The molecule has 1 atom stereocenters. The molecule has 1 saturated heterocycles. The molecule has 4 N–H and O–H groups in total. The Kier molecular flexibility index (Phi) is 5.92. The molecule has 1 aliphatic heterocycles. The maximum Gasteiger partial charge on any atom is 0.329 e. The van der Waals surface area contributed by atoms with Crippen LogP contribution in [-0.2, 0) is 14.3 Å². The van der Waals surface area contributed by atoms with Gasteiger partial charge in [0.2, 0.25) is 5.91 Å². The number of hydrogen-bond donors (Lipinski definition) is 4. The molecule has 1 heterocycles. The number of carboxylic acid groups (broad SMARTS) is 1. The van der Waals surface area contributed by atoms with Crippen molar-refractivity contribution in [2.45, 2.75) is 18.9 Å². The van der Waals surface area contributed by atoms with Gasteiger partial charge in [0.15, 0.2) is 0 Å². The third kappa shape index (κ3) is 6.04. The fraction of sp³-hybridized carbons (Fsp3) is 0.700. The van der Waals surface area contributed by atoms with E-state index in [0.717, 1.165) is 0 Å². The van der Waals surface area contributed by atoms with E-state index < -0.39 is 5.97 Å². The first-order valence-corrected chi connectivity index (χ1v) is 5.68. The minimum atomic E-state index is -1.04. The number of amides is 3. The first-order chi connectivity index (χ1) is 8.58. The lowest BCUT2D eigenvalue weighted by Gasteiger charge is -2.23. The van der Waals surface area contributed by atoms with Crippen LogP contribution in [-0.4, -0.2) is 55.4 Å². The van der Waals surface area contributed by atoms with Crippen molar-refractivity contribution in [3.05, 3.63) is 0 Å². The number of aliphatic carboxylic acids is 1. The van der Waals surface area contributed by atoms with Crippen LogP contribution in [0.15, 0.2) is 0 Å². The summed E-state index contributed by atoms with van der Waals surface area (Å²) in [7, 11) is 0.